The van der Waals surface area contributed by atoms with Crippen molar-refractivity contribution in [3.8, 4) is 0 Å². The first-order valence-corrected chi connectivity index (χ1v) is 7.99. The molecule has 1 aliphatic rings. The van der Waals surface area contributed by atoms with Gasteiger partial charge in [0.1, 0.15) is 0 Å². The molecular weight excluding hydrogens is 226 g/mol. The molecule has 0 aromatic heterocycles. The molecule has 1 fully saturated rings. The lowest BCUT2D eigenvalue weighted by Gasteiger charge is -2.21. The second kappa shape index (κ2) is 6.95. The van der Waals surface area contributed by atoms with Gasteiger partial charge in [0, 0.05) is 17.1 Å². The minimum absolute atomic E-state index is 0.972. The van der Waals surface area contributed by atoms with Gasteiger partial charge in [-0.05, 0) is 36.8 Å². The van der Waals surface area contributed by atoms with E-state index in [0.29, 0.717) is 0 Å². The molecule has 0 atom stereocenters. The first-order valence-electron chi connectivity index (χ1n) is 6.76. The maximum Gasteiger partial charge on any atom is 0.0351 e. The van der Waals surface area contributed by atoms with Crippen molar-refractivity contribution in [2.45, 2.75) is 43.4 Å². The molecule has 0 heterocycles. The van der Waals surface area contributed by atoms with Gasteiger partial charge < -0.3 is 5.32 Å². The molecule has 94 valence electrons. The van der Waals surface area contributed by atoms with Crippen LogP contribution in [-0.4, -0.2) is 12.8 Å². The molecule has 2 rings (SSSR count). The third kappa shape index (κ3) is 4.27. The molecule has 0 aliphatic heterocycles. The van der Waals surface area contributed by atoms with Crippen LogP contribution in [0.1, 0.15) is 38.5 Å². The van der Waals surface area contributed by atoms with Gasteiger partial charge in [-0.15, -0.1) is 11.8 Å². The fourth-order valence-corrected chi connectivity index (χ4v) is 3.09. The Hall–Kier alpha value is -0.630. The van der Waals surface area contributed by atoms with Crippen molar-refractivity contribution in [1.82, 2.24) is 0 Å². The van der Waals surface area contributed by atoms with Crippen LogP contribution in [0.2, 0.25) is 0 Å². The van der Waals surface area contributed by atoms with Gasteiger partial charge in [-0.1, -0.05) is 38.2 Å². The largest absolute Gasteiger partial charge is 0.385 e. The lowest BCUT2D eigenvalue weighted by molar-refractivity contribution is 0.345. The average molecular weight is 249 g/mol. The zero-order valence-electron chi connectivity index (χ0n) is 10.7. The van der Waals surface area contributed by atoms with Crippen LogP contribution in [0, 0.1) is 5.92 Å². The second-order valence-corrected chi connectivity index (χ2v) is 5.83. The number of thioether (sulfide) groups is 1. The van der Waals surface area contributed by atoms with Gasteiger partial charge in [0.05, 0.1) is 0 Å². The fraction of sp³-hybridized carbons (Fsp3) is 0.600. The van der Waals surface area contributed by atoms with E-state index in [4.69, 9.17) is 0 Å². The molecule has 1 N–H and O–H groups in total. The van der Waals surface area contributed by atoms with E-state index in [1.54, 1.807) is 11.8 Å². The van der Waals surface area contributed by atoms with Crippen molar-refractivity contribution in [3.63, 3.8) is 0 Å². The summed E-state index contributed by atoms with van der Waals surface area (Å²) >= 11 is 1.80. The molecule has 1 aliphatic carbocycles. The first kappa shape index (κ1) is 12.8. The molecule has 1 saturated carbocycles. The van der Waals surface area contributed by atoms with E-state index in [9.17, 15) is 0 Å². The van der Waals surface area contributed by atoms with E-state index in [-0.39, 0.29) is 0 Å². The summed E-state index contributed by atoms with van der Waals surface area (Å²) in [5.41, 5.74) is 1.27. The molecule has 1 aromatic carbocycles. The summed E-state index contributed by atoms with van der Waals surface area (Å²) in [7, 11) is 0. The second-order valence-electron chi connectivity index (χ2n) is 4.95. The highest BCUT2D eigenvalue weighted by Crippen LogP contribution is 2.26. The van der Waals surface area contributed by atoms with E-state index in [0.717, 1.165) is 12.5 Å². The lowest BCUT2D eigenvalue weighted by Crippen LogP contribution is -2.12. The van der Waals surface area contributed by atoms with Crippen LogP contribution in [0.4, 0.5) is 5.69 Å². The van der Waals surface area contributed by atoms with Crippen molar-refractivity contribution in [3.05, 3.63) is 24.3 Å². The van der Waals surface area contributed by atoms with Crippen molar-refractivity contribution < 1.29 is 0 Å². The summed E-state index contributed by atoms with van der Waals surface area (Å²) in [6.45, 7) is 1.13. The Bertz CT molecular complexity index is 331. The molecule has 0 amide bonds. The topological polar surface area (TPSA) is 12.0 Å². The molecule has 2 heteroatoms. The van der Waals surface area contributed by atoms with Gasteiger partial charge in [-0.2, -0.15) is 0 Å². The minimum Gasteiger partial charge on any atom is -0.385 e. The molecule has 0 radical (unpaired) electrons. The standard InChI is InChI=1S/C15H23NS/c1-17-15-9-5-8-14(12-15)16-11-10-13-6-3-2-4-7-13/h5,8-9,12-13,16H,2-4,6-7,10-11H2,1H3. The quantitative estimate of drug-likeness (QED) is 0.753. The Morgan fingerprint density at radius 2 is 2.06 bits per heavy atom. The molecule has 0 unspecified atom stereocenters. The summed E-state index contributed by atoms with van der Waals surface area (Å²) < 4.78 is 0. The third-order valence-electron chi connectivity index (χ3n) is 3.68. The zero-order valence-corrected chi connectivity index (χ0v) is 11.6. The lowest BCUT2D eigenvalue weighted by atomic mass is 9.87. The number of hydrogen-bond acceptors (Lipinski definition) is 2. The van der Waals surface area contributed by atoms with E-state index in [1.165, 1.54) is 49.1 Å². The molecule has 0 spiro atoms. The summed E-state index contributed by atoms with van der Waals surface area (Å²) in [5.74, 6) is 0.972. The average Bonchev–Trinajstić information content (AvgIpc) is 2.40. The Kier molecular flexibility index (Phi) is 5.24. The predicted molar refractivity (Wildman–Crippen MR) is 77.9 cm³/mol. The normalized spacial score (nSPS) is 17.0. The zero-order chi connectivity index (χ0) is 11.9. The van der Waals surface area contributed by atoms with Crippen molar-refractivity contribution in [2.24, 2.45) is 5.92 Å². The highest BCUT2D eigenvalue weighted by molar-refractivity contribution is 7.98. The molecule has 1 aromatic rings. The highest BCUT2D eigenvalue weighted by Gasteiger charge is 2.12. The Morgan fingerprint density at radius 1 is 1.24 bits per heavy atom. The minimum atomic E-state index is 0.972. The smallest absolute Gasteiger partial charge is 0.0351 e. The molecule has 1 nitrogen and oxygen atoms in total. The predicted octanol–water partition coefficient (Wildman–Crippen LogP) is 4.79. The van der Waals surface area contributed by atoms with Crippen LogP contribution in [-0.2, 0) is 0 Å². The monoisotopic (exact) mass is 249 g/mol. The Balaban J connectivity index is 1.73. The van der Waals surface area contributed by atoms with Crippen LogP contribution >= 0.6 is 11.8 Å². The van der Waals surface area contributed by atoms with Gasteiger partial charge in [0.15, 0.2) is 0 Å². The van der Waals surface area contributed by atoms with Gasteiger partial charge in [0.25, 0.3) is 0 Å². The van der Waals surface area contributed by atoms with Crippen LogP contribution in [0.3, 0.4) is 0 Å². The van der Waals surface area contributed by atoms with E-state index >= 15 is 0 Å². The highest BCUT2D eigenvalue weighted by atomic mass is 32.2. The number of anilines is 1. The van der Waals surface area contributed by atoms with E-state index < -0.39 is 0 Å². The summed E-state index contributed by atoms with van der Waals surface area (Å²) in [6, 6.07) is 8.71. The number of benzene rings is 1. The molecule has 17 heavy (non-hydrogen) atoms. The number of hydrogen-bond donors (Lipinski definition) is 1. The Labute approximate surface area is 109 Å². The fourth-order valence-electron chi connectivity index (χ4n) is 2.63. The van der Waals surface area contributed by atoms with E-state index in [1.807, 2.05) is 0 Å². The SMILES string of the molecule is CSc1cccc(NCCC2CCCCC2)c1. The summed E-state index contributed by atoms with van der Waals surface area (Å²) in [4.78, 5) is 1.34. The van der Waals surface area contributed by atoms with Gasteiger partial charge in [0.2, 0.25) is 0 Å². The first-order chi connectivity index (χ1) is 8.38. The van der Waals surface area contributed by atoms with Crippen LogP contribution in [0.25, 0.3) is 0 Å². The molecule has 0 saturated heterocycles. The van der Waals surface area contributed by atoms with Crippen LogP contribution in [0.15, 0.2) is 29.2 Å². The van der Waals surface area contributed by atoms with Gasteiger partial charge >= 0.3 is 0 Å². The number of rotatable bonds is 5. The van der Waals surface area contributed by atoms with Crippen molar-refractivity contribution in [1.29, 1.82) is 0 Å². The van der Waals surface area contributed by atoms with Crippen LogP contribution < -0.4 is 5.32 Å². The Morgan fingerprint density at radius 3 is 2.82 bits per heavy atom. The van der Waals surface area contributed by atoms with E-state index in [2.05, 4.69) is 35.8 Å². The maximum atomic E-state index is 3.55. The number of nitrogens with one attached hydrogen (secondary N) is 1. The third-order valence-corrected chi connectivity index (χ3v) is 4.40. The van der Waals surface area contributed by atoms with Crippen molar-refractivity contribution in [2.75, 3.05) is 18.1 Å². The molecule has 0 bridgehead atoms. The van der Waals surface area contributed by atoms with Gasteiger partial charge in [-0.3, -0.25) is 0 Å². The summed E-state index contributed by atoms with van der Waals surface area (Å²) in [5, 5.41) is 3.55. The summed E-state index contributed by atoms with van der Waals surface area (Å²) in [6.07, 6.45) is 10.7. The van der Waals surface area contributed by atoms with Crippen LogP contribution in [0.5, 0.6) is 0 Å². The van der Waals surface area contributed by atoms with Gasteiger partial charge in [-0.25, -0.2) is 0 Å². The maximum absolute atomic E-state index is 3.55. The van der Waals surface area contributed by atoms with Crippen molar-refractivity contribution >= 4 is 17.4 Å². The molecular formula is C15H23NS.